The summed E-state index contributed by atoms with van der Waals surface area (Å²) in [7, 11) is 0. The van der Waals surface area contributed by atoms with E-state index in [0.717, 1.165) is 15.2 Å². The second-order valence-corrected chi connectivity index (χ2v) is 11.0. The maximum Gasteiger partial charge on any atom is 0.163 e. The summed E-state index contributed by atoms with van der Waals surface area (Å²) in [6.45, 7) is 1.42. The van der Waals surface area contributed by atoms with E-state index in [1.807, 2.05) is 25.1 Å². The Bertz CT molecular complexity index is 1620. The Labute approximate surface area is 227 Å². The van der Waals surface area contributed by atoms with Gasteiger partial charge < -0.3 is 20.1 Å². The third kappa shape index (κ3) is 4.32. The van der Waals surface area contributed by atoms with E-state index in [1.165, 1.54) is 23.3 Å². The molecule has 6 rings (SSSR count). The fraction of sp³-hybridized carbons (Fsp3) is 0.292. The van der Waals surface area contributed by atoms with Crippen molar-refractivity contribution < 1.29 is 24.4 Å². The van der Waals surface area contributed by atoms with Crippen LogP contribution < -0.4 is 0 Å². The number of rotatable bonds is 5. The van der Waals surface area contributed by atoms with Crippen molar-refractivity contribution in [2.24, 2.45) is 0 Å². The maximum absolute atomic E-state index is 14.1. The number of aromatic nitrogens is 7. The molecule has 0 spiro atoms. The van der Waals surface area contributed by atoms with Crippen LogP contribution in [0.15, 0.2) is 53.4 Å². The molecular formula is C24H21BrFN7O4S. The lowest BCUT2D eigenvalue weighted by Gasteiger charge is -2.41. The third-order valence-corrected chi connectivity index (χ3v) is 8.05. The monoisotopic (exact) mass is 601 g/mol. The molecule has 0 bridgehead atoms. The zero-order valence-electron chi connectivity index (χ0n) is 19.8. The largest absolute Gasteiger partial charge is 0.394 e. The SMILES string of the molecule is Cc1nc2ccc(-n3ncnc3[C@@H]3O[C@H](CO)[C@H](O)[C@H](n4cc(-c5ccc(Br)c(F)c5)nn4)[C@H]3O)cc2s1. The number of thiazole rings is 1. The molecule has 0 unspecified atom stereocenters. The molecular weight excluding hydrogens is 581 g/mol. The van der Waals surface area contributed by atoms with Gasteiger partial charge in [0.05, 0.1) is 38.2 Å². The fourth-order valence-electron chi connectivity index (χ4n) is 4.64. The molecule has 5 atom stereocenters. The summed E-state index contributed by atoms with van der Waals surface area (Å²) in [6, 6.07) is 9.11. The zero-order valence-corrected chi connectivity index (χ0v) is 22.2. The van der Waals surface area contributed by atoms with E-state index in [2.05, 4.69) is 41.3 Å². The van der Waals surface area contributed by atoms with Crippen molar-refractivity contribution in [3.63, 3.8) is 0 Å². The number of nitrogens with zero attached hydrogens (tertiary/aromatic N) is 7. The third-order valence-electron chi connectivity index (χ3n) is 6.48. The lowest BCUT2D eigenvalue weighted by atomic mass is 9.92. The van der Waals surface area contributed by atoms with E-state index in [9.17, 15) is 19.7 Å². The van der Waals surface area contributed by atoms with Gasteiger partial charge in [-0.05, 0) is 53.2 Å². The van der Waals surface area contributed by atoms with E-state index in [-0.39, 0.29) is 5.82 Å². The van der Waals surface area contributed by atoms with Gasteiger partial charge in [-0.2, -0.15) is 5.10 Å². The summed E-state index contributed by atoms with van der Waals surface area (Å²) in [5, 5.41) is 45.9. The van der Waals surface area contributed by atoms with E-state index in [0.29, 0.717) is 21.4 Å². The van der Waals surface area contributed by atoms with Gasteiger partial charge in [0.15, 0.2) is 5.82 Å². The van der Waals surface area contributed by atoms with Crippen LogP contribution in [0.25, 0.3) is 27.2 Å². The number of aryl methyl sites for hydroxylation is 1. The van der Waals surface area contributed by atoms with E-state index in [1.54, 1.807) is 28.2 Å². The molecule has 0 amide bonds. The van der Waals surface area contributed by atoms with Gasteiger partial charge in [-0.15, -0.1) is 16.4 Å². The highest BCUT2D eigenvalue weighted by molar-refractivity contribution is 9.10. The van der Waals surface area contributed by atoms with Gasteiger partial charge in [0.25, 0.3) is 0 Å². The first-order valence-corrected chi connectivity index (χ1v) is 13.2. The molecule has 1 aliphatic rings. The van der Waals surface area contributed by atoms with Crippen LogP contribution in [0, 0.1) is 12.7 Å². The van der Waals surface area contributed by atoms with Gasteiger partial charge in [-0.3, -0.25) is 0 Å². The standard InChI is InChI=1S/C24H21BrFN7O4S/c1-11-29-16-5-3-13(7-19(16)38-11)33-24(27-10-28-33)23-22(36)20(21(35)18(9-34)37-23)32-8-17(30-31-32)12-2-4-14(25)15(26)6-12/h2-8,10,18,20-23,34-36H,9H2,1H3/t18-,20+,21+,22-,23-/m1/s1. The van der Waals surface area contributed by atoms with Gasteiger partial charge in [-0.1, -0.05) is 11.3 Å². The second kappa shape index (κ2) is 9.87. The Morgan fingerprint density at radius 3 is 2.79 bits per heavy atom. The second-order valence-electron chi connectivity index (χ2n) is 8.88. The number of hydrogen-bond donors (Lipinski definition) is 3. The van der Waals surface area contributed by atoms with Gasteiger partial charge in [-0.25, -0.2) is 23.7 Å². The van der Waals surface area contributed by atoms with Gasteiger partial charge in [0.2, 0.25) is 0 Å². The summed E-state index contributed by atoms with van der Waals surface area (Å²) >= 11 is 4.67. The van der Waals surface area contributed by atoms with Crippen molar-refractivity contribution in [2.75, 3.05) is 6.61 Å². The summed E-state index contributed by atoms with van der Waals surface area (Å²) < 4.78 is 24.1. The molecule has 196 valence electrons. The number of aliphatic hydroxyl groups excluding tert-OH is 3. The molecule has 3 aromatic heterocycles. The molecule has 1 fully saturated rings. The van der Waals surface area contributed by atoms with Crippen molar-refractivity contribution in [1.82, 2.24) is 34.7 Å². The Hall–Kier alpha value is -3.14. The number of halogens is 2. The first-order chi connectivity index (χ1) is 18.3. The van der Waals surface area contributed by atoms with Crippen LogP contribution in [0.5, 0.6) is 0 Å². The van der Waals surface area contributed by atoms with Crippen molar-refractivity contribution in [3.8, 4) is 16.9 Å². The van der Waals surface area contributed by atoms with Crippen LogP contribution in [-0.2, 0) is 4.74 Å². The van der Waals surface area contributed by atoms with E-state index < -0.39 is 42.9 Å². The molecule has 5 aromatic rings. The molecule has 14 heteroatoms. The molecule has 2 aromatic carbocycles. The molecule has 4 heterocycles. The summed E-state index contributed by atoms with van der Waals surface area (Å²) in [5.74, 6) is -0.182. The van der Waals surface area contributed by atoms with Gasteiger partial charge in [0, 0.05) is 5.56 Å². The minimum Gasteiger partial charge on any atom is -0.394 e. The highest BCUT2D eigenvalue weighted by Crippen LogP contribution is 2.38. The number of aliphatic hydroxyl groups is 3. The molecule has 0 radical (unpaired) electrons. The maximum atomic E-state index is 14.1. The van der Waals surface area contributed by atoms with Crippen LogP contribution in [0.1, 0.15) is 23.0 Å². The van der Waals surface area contributed by atoms with Crippen molar-refractivity contribution in [1.29, 1.82) is 0 Å². The topological polar surface area (TPSA) is 144 Å². The number of ether oxygens (including phenoxy) is 1. The molecule has 1 aliphatic heterocycles. The summed E-state index contributed by atoms with van der Waals surface area (Å²) in [6.07, 6.45) is -1.95. The smallest absolute Gasteiger partial charge is 0.163 e. The lowest BCUT2D eigenvalue weighted by Crippen LogP contribution is -2.53. The molecule has 11 nitrogen and oxygen atoms in total. The minimum atomic E-state index is -1.35. The predicted molar refractivity (Wildman–Crippen MR) is 138 cm³/mol. The van der Waals surface area contributed by atoms with Crippen LogP contribution in [0.3, 0.4) is 0 Å². The fourth-order valence-corrected chi connectivity index (χ4v) is 5.75. The van der Waals surface area contributed by atoms with Crippen molar-refractivity contribution in [3.05, 3.63) is 70.0 Å². The highest BCUT2D eigenvalue weighted by Gasteiger charge is 2.48. The average Bonchev–Trinajstić information content (AvgIpc) is 3.65. The summed E-state index contributed by atoms with van der Waals surface area (Å²) in [5.41, 5.74) is 2.36. The van der Waals surface area contributed by atoms with E-state index in [4.69, 9.17) is 4.74 Å². The number of fused-ring (bicyclic) bond motifs is 1. The molecule has 0 aliphatic carbocycles. The molecule has 38 heavy (non-hydrogen) atoms. The highest BCUT2D eigenvalue weighted by atomic mass is 79.9. The van der Waals surface area contributed by atoms with Gasteiger partial charge >= 0.3 is 0 Å². The Kier molecular flexibility index (Phi) is 6.53. The van der Waals surface area contributed by atoms with Crippen LogP contribution in [-0.4, -0.2) is 75.0 Å². The lowest BCUT2D eigenvalue weighted by molar-refractivity contribution is -0.210. The quantitative estimate of drug-likeness (QED) is 0.277. The molecule has 3 N–H and O–H groups in total. The normalized spacial score (nSPS) is 23.8. The average molecular weight is 602 g/mol. The Morgan fingerprint density at radius 2 is 2.00 bits per heavy atom. The summed E-state index contributed by atoms with van der Waals surface area (Å²) in [4.78, 5) is 8.82. The number of hydrogen-bond acceptors (Lipinski definition) is 10. The first kappa shape index (κ1) is 25.2. The number of benzene rings is 2. The minimum absolute atomic E-state index is 0.281. The van der Waals surface area contributed by atoms with Crippen LogP contribution in [0.2, 0.25) is 0 Å². The van der Waals surface area contributed by atoms with Crippen molar-refractivity contribution >= 4 is 37.5 Å². The zero-order chi connectivity index (χ0) is 26.6. The van der Waals surface area contributed by atoms with Crippen molar-refractivity contribution in [2.45, 2.75) is 37.4 Å². The van der Waals surface area contributed by atoms with Crippen LogP contribution in [0.4, 0.5) is 4.39 Å². The van der Waals surface area contributed by atoms with Gasteiger partial charge in [0.1, 0.15) is 48.3 Å². The Balaban J connectivity index is 1.36. The van der Waals surface area contributed by atoms with Crippen LogP contribution >= 0.6 is 27.3 Å². The van der Waals surface area contributed by atoms with E-state index >= 15 is 0 Å². The first-order valence-electron chi connectivity index (χ1n) is 11.6. The molecule has 1 saturated heterocycles. The Morgan fingerprint density at radius 1 is 1.16 bits per heavy atom. The predicted octanol–water partition coefficient (Wildman–Crippen LogP) is 2.74. The molecule has 0 saturated carbocycles.